The second kappa shape index (κ2) is 14.5. The molecule has 0 saturated carbocycles. The molecule has 0 fully saturated rings. The van der Waals surface area contributed by atoms with Crippen LogP contribution in [0.15, 0.2) is 30.3 Å². The van der Waals surface area contributed by atoms with Crippen molar-refractivity contribution in [2.45, 2.75) is 51.2 Å². The van der Waals surface area contributed by atoms with Crippen LogP contribution in [0.3, 0.4) is 0 Å². The van der Waals surface area contributed by atoms with Crippen LogP contribution in [0, 0.1) is 5.92 Å². The van der Waals surface area contributed by atoms with Crippen molar-refractivity contribution in [3.8, 4) is 0 Å². The molecule has 0 aromatic heterocycles. The molecule has 10 heteroatoms. The summed E-state index contributed by atoms with van der Waals surface area (Å²) in [7, 11) is 0. The number of carbonyl (C=O) groups is 4. The molecule has 0 aliphatic rings. The molecule has 0 saturated heterocycles. The van der Waals surface area contributed by atoms with E-state index in [9.17, 15) is 24.3 Å². The molecule has 3 amide bonds. The Bertz CT molecular complexity index is 762. The predicted octanol–water partition coefficient (Wildman–Crippen LogP) is 0.526. The molecule has 0 spiro atoms. The first-order valence-corrected chi connectivity index (χ1v) is 12.0. The van der Waals surface area contributed by atoms with Crippen molar-refractivity contribution in [2.24, 2.45) is 11.7 Å². The third-order valence-electron chi connectivity index (χ3n) is 5.14. The standard InChI is InChI=1S/C22H34N4O5S/c1-4-14(2)19(26-20(28)16(10-11-32-3)24-18(27)13-23)21(29)25-17(22(30)31)12-15-8-6-5-7-9-15/h5-9,14,16-17,19H,4,10-13,23H2,1-3H3,(H,24,27)(H,25,29)(H,26,28)(H,30,31). The van der Waals surface area contributed by atoms with E-state index in [1.807, 2.05) is 19.2 Å². The number of hydrogen-bond donors (Lipinski definition) is 5. The molecule has 178 valence electrons. The number of carboxylic acids is 1. The Morgan fingerprint density at radius 3 is 2.22 bits per heavy atom. The molecular formula is C22H34N4O5S. The average Bonchev–Trinajstić information content (AvgIpc) is 2.79. The van der Waals surface area contributed by atoms with Crippen molar-refractivity contribution in [2.75, 3.05) is 18.6 Å². The minimum absolute atomic E-state index is 0.117. The molecule has 1 aromatic carbocycles. The normalized spacial score (nSPS) is 14.5. The van der Waals surface area contributed by atoms with Gasteiger partial charge in [0, 0.05) is 6.42 Å². The number of nitrogens with one attached hydrogen (secondary N) is 3. The zero-order valence-corrected chi connectivity index (χ0v) is 19.6. The van der Waals surface area contributed by atoms with E-state index in [2.05, 4.69) is 16.0 Å². The summed E-state index contributed by atoms with van der Waals surface area (Å²) in [5.41, 5.74) is 6.12. The SMILES string of the molecule is CCC(C)C(NC(=O)C(CCSC)NC(=O)CN)C(=O)NC(Cc1ccccc1)C(=O)O. The van der Waals surface area contributed by atoms with Gasteiger partial charge in [-0.2, -0.15) is 11.8 Å². The molecule has 1 rings (SSSR count). The summed E-state index contributed by atoms with van der Waals surface area (Å²) in [6, 6.07) is 6.06. The molecule has 0 heterocycles. The second-order valence-corrected chi connectivity index (χ2v) is 8.55. The van der Waals surface area contributed by atoms with Gasteiger partial charge >= 0.3 is 5.97 Å². The van der Waals surface area contributed by atoms with Crippen LogP contribution in [0.1, 0.15) is 32.3 Å². The highest BCUT2D eigenvalue weighted by Crippen LogP contribution is 2.11. The smallest absolute Gasteiger partial charge is 0.326 e. The molecule has 4 unspecified atom stereocenters. The Morgan fingerprint density at radius 2 is 1.69 bits per heavy atom. The van der Waals surface area contributed by atoms with Gasteiger partial charge in [-0.05, 0) is 29.9 Å². The summed E-state index contributed by atoms with van der Waals surface area (Å²) < 4.78 is 0. The van der Waals surface area contributed by atoms with E-state index >= 15 is 0 Å². The first-order chi connectivity index (χ1) is 15.2. The molecule has 9 nitrogen and oxygen atoms in total. The second-order valence-electron chi connectivity index (χ2n) is 7.57. The highest BCUT2D eigenvalue weighted by Gasteiger charge is 2.32. The Balaban J connectivity index is 2.96. The molecule has 0 radical (unpaired) electrons. The minimum Gasteiger partial charge on any atom is -0.480 e. The summed E-state index contributed by atoms with van der Waals surface area (Å²) in [5.74, 6) is -2.34. The molecule has 1 aromatic rings. The van der Waals surface area contributed by atoms with Gasteiger partial charge in [0.25, 0.3) is 0 Å². The highest BCUT2D eigenvalue weighted by molar-refractivity contribution is 7.98. The number of carboxylic acid groups (broad SMARTS) is 1. The lowest BCUT2D eigenvalue weighted by atomic mass is 9.96. The maximum absolute atomic E-state index is 13.0. The highest BCUT2D eigenvalue weighted by atomic mass is 32.2. The van der Waals surface area contributed by atoms with Crippen LogP contribution in [0.5, 0.6) is 0 Å². The van der Waals surface area contributed by atoms with E-state index in [0.29, 0.717) is 18.6 Å². The Kier molecular flexibility index (Phi) is 12.4. The van der Waals surface area contributed by atoms with E-state index in [-0.39, 0.29) is 18.9 Å². The van der Waals surface area contributed by atoms with E-state index < -0.39 is 41.8 Å². The van der Waals surface area contributed by atoms with E-state index in [4.69, 9.17) is 5.73 Å². The lowest BCUT2D eigenvalue weighted by Crippen LogP contribution is -2.58. The number of nitrogens with two attached hydrogens (primary N) is 1. The van der Waals surface area contributed by atoms with Gasteiger partial charge in [0.05, 0.1) is 6.54 Å². The monoisotopic (exact) mass is 466 g/mol. The van der Waals surface area contributed by atoms with E-state index in [0.717, 1.165) is 5.56 Å². The van der Waals surface area contributed by atoms with Gasteiger partial charge in [0.1, 0.15) is 18.1 Å². The van der Waals surface area contributed by atoms with Crippen LogP contribution in [0.25, 0.3) is 0 Å². The van der Waals surface area contributed by atoms with Gasteiger partial charge in [0.2, 0.25) is 17.7 Å². The van der Waals surface area contributed by atoms with Crippen LogP contribution >= 0.6 is 11.8 Å². The summed E-state index contributed by atoms with van der Waals surface area (Å²) in [4.78, 5) is 49.3. The zero-order chi connectivity index (χ0) is 24.1. The first kappa shape index (κ1) is 27.4. The van der Waals surface area contributed by atoms with Gasteiger partial charge in [-0.15, -0.1) is 0 Å². The maximum Gasteiger partial charge on any atom is 0.326 e. The van der Waals surface area contributed by atoms with Crippen molar-refractivity contribution in [1.82, 2.24) is 16.0 Å². The van der Waals surface area contributed by atoms with Crippen LogP contribution in [-0.4, -0.2) is 65.5 Å². The zero-order valence-electron chi connectivity index (χ0n) is 18.8. The summed E-state index contributed by atoms with van der Waals surface area (Å²) in [5, 5.41) is 17.4. The predicted molar refractivity (Wildman–Crippen MR) is 125 cm³/mol. The van der Waals surface area contributed by atoms with Crippen LogP contribution < -0.4 is 21.7 Å². The number of hydrogen-bond acceptors (Lipinski definition) is 6. The summed E-state index contributed by atoms with van der Waals surface area (Å²) in [6.07, 6.45) is 2.96. The minimum atomic E-state index is -1.16. The van der Waals surface area contributed by atoms with Crippen molar-refractivity contribution in [3.63, 3.8) is 0 Å². The number of carbonyl (C=O) groups excluding carboxylic acids is 3. The molecule has 6 N–H and O–H groups in total. The average molecular weight is 467 g/mol. The topological polar surface area (TPSA) is 151 Å². The Morgan fingerprint density at radius 1 is 1.03 bits per heavy atom. The lowest BCUT2D eigenvalue weighted by molar-refractivity contribution is -0.142. The number of amides is 3. The fourth-order valence-corrected chi connectivity index (χ4v) is 3.50. The number of aliphatic carboxylic acids is 1. The molecule has 4 atom stereocenters. The van der Waals surface area contributed by atoms with Gasteiger partial charge in [-0.1, -0.05) is 50.6 Å². The van der Waals surface area contributed by atoms with Crippen molar-refractivity contribution < 1.29 is 24.3 Å². The molecular weight excluding hydrogens is 432 g/mol. The maximum atomic E-state index is 13.0. The van der Waals surface area contributed by atoms with Gasteiger partial charge in [0.15, 0.2) is 0 Å². The number of thioether (sulfide) groups is 1. The number of benzene rings is 1. The molecule has 0 aliphatic carbocycles. The van der Waals surface area contributed by atoms with Gasteiger partial charge < -0.3 is 26.8 Å². The van der Waals surface area contributed by atoms with Gasteiger partial charge in [-0.3, -0.25) is 14.4 Å². The van der Waals surface area contributed by atoms with E-state index in [1.54, 1.807) is 31.2 Å². The largest absolute Gasteiger partial charge is 0.480 e. The quantitative estimate of drug-likeness (QED) is 0.268. The third-order valence-corrected chi connectivity index (χ3v) is 5.78. The summed E-state index contributed by atoms with van der Waals surface area (Å²) >= 11 is 1.52. The molecule has 32 heavy (non-hydrogen) atoms. The van der Waals surface area contributed by atoms with Crippen LogP contribution in [0.2, 0.25) is 0 Å². The molecule has 0 aliphatic heterocycles. The fraction of sp³-hybridized carbons (Fsp3) is 0.545. The Hall–Kier alpha value is -2.59. The number of rotatable bonds is 14. The van der Waals surface area contributed by atoms with Crippen molar-refractivity contribution in [3.05, 3.63) is 35.9 Å². The lowest BCUT2D eigenvalue weighted by Gasteiger charge is -2.27. The first-order valence-electron chi connectivity index (χ1n) is 10.6. The van der Waals surface area contributed by atoms with Crippen LogP contribution in [-0.2, 0) is 25.6 Å². The fourth-order valence-electron chi connectivity index (χ4n) is 3.02. The van der Waals surface area contributed by atoms with Crippen LogP contribution in [0.4, 0.5) is 0 Å². The van der Waals surface area contributed by atoms with Crippen molar-refractivity contribution in [1.29, 1.82) is 0 Å². The molecule has 0 bridgehead atoms. The van der Waals surface area contributed by atoms with E-state index in [1.165, 1.54) is 11.8 Å². The van der Waals surface area contributed by atoms with Gasteiger partial charge in [-0.25, -0.2) is 4.79 Å². The summed E-state index contributed by atoms with van der Waals surface area (Å²) in [6.45, 7) is 3.42. The third kappa shape index (κ3) is 9.27. The van der Waals surface area contributed by atoms with Crippen molar-refractivity contribution >= 4 is 35.5 Å². The Labute approximate surface area is 193 Å².